The minimum Gasteiger partial charge on any atom is -0.493 e. The number of carbonyl (C=O) groups is 1. The Kier molecular flexibility index (Phi) is 9.32. The number of amides is 1. The zero-order chi connectivity index (χ0) is 25.3. The van der Waals surface area contributed by atoms with E-state index in [1.54, 1.807) is 36.4 Å². The van der Waals surface area contributed by atoms with Gasteiger partial charge in [0, 0.05) is 6.54 Å². The monoisotopic (exact) mass is 494 g/mol. The number of para-hydroxylation sites is 1. The van der Waals surface area contributed by atoms with E-state index < -0.39 is 10.0 Å². The summed E-state index contributed by atoms with van der Waals surface area (Å²) in [6.07, 6.45) is 2.41. The molecule has 0 radical (unpaired) electrons. The normalized spacial score (nSPS) is 11.2. The average molecular weight is 495 g/mol. The van der Waals surface area contributed by atoms with E-state index in [1.807, 2.05) is 50.2 Å². The lowest BCUT2D eigenvalue weighted by Gasteiger charge is -2.26. The molecule has 0 aliphatic heterocycles. The molecule has 6 nitrogen and oxygen atoms in total. The summed E-state index contributed by atoms with van der Waals surface area (Å²) in [6.45, 7) is 6.62. The van der Waals surface area contributed by atoms with Crippen molar-refractivity contribution in [3.8, 4) is 5.75 Å². The highest BCUT2D eigenvalue weighted by molar-refractivity contribution is 7.92. The van der Waals surface area contributed by atoms with Crippen molar-refractivity contribution in [1.82, 2.24) is 5.32 Å². The lowest BCUT2D eigenvalue weighted by Crippen LogP contribution is -2.41. The third-order valence-electron chi connectivity index (χ3n) is 5.63. The van der Waals surface area contributed by atoms with Crippen LogP contribution >= 0.6 is 0 Å². The van der Waals surface area contributed by atoms with Crippen molar-refractivity contribution < 1.29 is 17.9 Å². The fourth-order valence-corrected chi connectivity index (χ4v) is 5.26. The topological polar surface area (TPSA) is 75.7 Å². The number of aryl methyl sites for hydroxylation is 3. The Morgan fingerprint density at radius 3 is 2.43 bits per heavy atom. The van der Waals surface area contributed by atoms with Gasteiger partial charge in [0.15, 0.2) is 0 Å². The highest BCUT2D eigenvalue weighted by Gasteiger charge is 2.28. The van der Waals surface area contributed by atoms with Gasteiger partial charge in [-0.05, 0) is 74.1 Å². The van der Waals surface area contributed by atoms with Crippen LogP contribution in [0.15, 0.2) is 77.7 Å². The molecule has 0 bridgehead atoms. The second-order valence-electron chi connectivity index (χ2n) is 8.52. The predicted molar refractivity (Wildman–Crippen MR) is 140 cm³/mol. The SMILES string of the molecule is CCCOc1ccccc1CCCNC(=O)CN(c1cc(C)ccc1C)S(=O)(=O)c1ccccc1. The highest BCUT2D eigenvalue weighted by atomic mass is 32.2. The molecular formula is C28H34N2O4S. The van der Waals surface area contributed by atoms with Crippen LogP contribution in [0.3, 0.4) is 0 Å². The summed E-state index contributed by atoms with van der Waals surface area (Å²) in [4.78, 5) is 13.0. The summed E-state index contributed by atoms with van der Waals surface area (Å²) in [5, 5.41) is 2.89. The maximum Gasteiger partial charge on any atom is 0.264 e. The summed E-state index contributed by atoms with van der Waals surface area (Å²) < 4.78 is 34.0. The Morgan fingerprint density at radius 1 is 0.971 bits per heavy atom. The molecule has 3 aromatic rings. The van der Waals surface area contributed by atoms with E-state index >= 15 is 0 Å². The number of nitrogens with zero attached hydrogens (tertiary/aromatic N) is 1. The first kappa shape index (κ1) is 26.3. The molecule has 0 saturated carbocycles. The first-order valence-corrected chi connectivity index (χ1v) is 13.4. The van der Waals surface area contributed by atoms with Crippen LogP contribution in [0.25, 0.3) is 0 Å². The number of sulfonamides is 1. The van der Waals surface area contributed by atoms with E-state index in [0.717, 1.165) is 35.3 Å². The number of hydrogen-bond donors (Lipinski definition) is 1. The summed E-state index contributed by atoms with van der Waals surface area (Å²) >= 11 is 0. The Bertz CT molecular complexity index is 1230. The molecule has 0 spiro atoms. The standard InChI is InChI=1S/C28H34N2O4S/c1-4-19-34-27-15-9-8-11-24(27)12-10-18-29-28(31)21-30(26-20-22(2)16-17-23(26)3)35(32,33)25-13-6-5-7-14-25/h5-9,11,13-17,20H,4,10,12,18-19,21H2,1-3H3,(H,29,31). The van der Waals surface area contributed by atoms with Crippen LogP contribution in [0, 0.1) is 13.8 Å². The largest absolute Gasteiger partial charge is 0.493 e. The Balaban J connectivity index is 1.70. The third-order valence-corrected chi connectivity index (χ3v) is 7.41. The second kappa shape index (κ2) is 12.4. The number of ether oxygens (including phenoxy) is 1. The van der Waals surface area contributed by atoms with Crippen LogP contribution in [0.2, 0.25) is 0 Å². The molecule has 0 heterocycles. The van der Waals surface area contributed by atoms with Gasteiger partial charge in [-0.3, -0.25) is 9.10 Å². The fourth-order valence-electron chi connectivity index (χ4n) is 3.76. The van der Waals surface area contributed by atoms with Crippen molar-refractivity contribution >= 4 is 21.6 Å². The van der Waals surface area contributed by atoms with Crippen LogP contribution in [0.1, 0.15) is 36.5 Å². The van der Waals surface area contributed by atoms with Crippen molar-refractivity contribution in [2.45, 2.75) is 44.9 Å². The van der Waals surface area contributed by atoms with Gasteiger partial charge in [-0.25, -0.2) is 8.42 Å². The van der Waals surface area contributed by atoms with Crippen LogP contribution in [0.4, 0.5) is 5.69 Å². The number of hydrogen-bond acceptors (Lipinski definition) is 4. The molecule has 0 saturated heterocycles. The second-order valence-corrected chi connectivity index (χ2v) is 10.4. The molecule has 0 unspecified atom stereocenters. The average Bonchev–Trinajstić information content (AvgIpc) is 2.86. The van der Waals surface area contributed by atoms with E-state index in [2.05, 4.69) is 12.2 Å². The summed E-state index contributed by atoms with van der Waals surface area (Å²) in [6, 6.07) is 21.7. The van der Waals surface area contributed by atoms with Gasteiger partial charge >= 0.3 is 0 Å². The molecule has 1 N–H and O–H groups in total. The van der Waals surface area contributed by atoms with Gasteiger partial charge in [-0.1, -0.05) is 55.5 Å². The van der Waals surface area contributed by atoms with Crippen LogP contribution in [-0.2, 0) is 21.2 Å². The Morgan fingerprint density at radius 2 is 1.69 bits per heavy atom. The molecule has 35 heavy (non-hydrogen) atoms. The van der Waals surface area contributed by atoms with Crippen LogP contribution in [-0.4, -0.2) is 34.0 Å². The van der Waals surface area contributed by atoms with Gasteiger partial charge in [-0.2, -0.15) is 0 Å². The van der Waals surface area contributed by atoms with E-state index in [1.165, 1.54) is 4.31 Å². The highest BCUT2D eigenvalue weighted by Crippen LogP contribution is 2.27. The first-order valence-electron chi connectivity index (χ1n) is 12.0. The Hall–Kier alpha value is -3.32. The minimum absolute atomic E-state index is 0.150. The zero-order valence-electron chi connectivity index (χ0n) is 20.7. The lowest BCUT2D eigenvalue weighted by atomic mass is 10.1. The number of anilines is 1. The fraction of sp³-hybridized carbons (Fsp3) is 0.321. The van der Waals surface area contributed by atoms with E-state index in [-0.39, 0.29) is 17.3 Å². The molecule has 0 fully saturated rings. The van der Waals surface area contributed by atoms with Crippen molar-refractivity contribution in [1.29, 1.82) is 0 Å². The molecule has 3 aromatic carbocycles. The molecule has 0 aliphatic carbocycles. The maximum atomic E-state index is 13.5. The van der Waals surface area contributed by atoms with Gasteiger partial charge in [0.05, 0.1) is 17.2 Å². The molecule has 1 amide bonds. The van der Waals surface area contributed by atoms with Crippen LogP contribution < -0.4 is 14.4 Å². The maximum absolute atomic E-state index is 13.5. The van der Waals surface area contributed by atoms with Gasteiger partial charge in [0.1, 0.15) is 12.3 Å². The molecule has 0 atom stereocenters. The van der Waals surface area contributed by atoms with Crippen molar-refractivity contribution in [2.24, 2.45) is 0 Å². The molecule has 3 rings (SSSR count). The van der Waals surface area contributed by atoms with Gasteiger partial charge in [0.25, 0.3) is 10.0 Å². The number of carbonyl (C=O) groups excluding carboxylic acids is 1. The lowest BCUT2D eigenvalue weighted by molar-refractivity contribution is -0.119. The van der Waals surface area contributed by atoms with Gasteiger partial charge < -0.3 is 10.1 Å². The number of benzene rings is 3. The third kappa shape index (κ3) is 7.09. The number of nitrogens with one attached hydrogen (secondary N) is 1. The summed E-state index contributed by atoms with van der Waals surface area (Å²) in [5.74, 6) is 0.525. The minimum atomic E-state index is -3.92. The smallest absolute Gasteiger partial charge is 0.264 e. The first-order chi connectivity index (χ1) is 16.8. The van der Waals surface area contributed by atoms with Crippen molar-refractivity contribution in [3.63, 3.8) is 0 Å². The zero-order valence-corrected chi connectivity index (χ0v) is 21.5. The predicted octanol–water partition coefficient (Wildman–Crippen LogP) is 5.04. The quantitative estimate of drug-likeness (QED) is 0.358. The van der Waals surface area contributed by atoms with Crippen molar-refractivity contribution in [3.05, 3.63) is 89.5 Å². The van der Waals surface area contributed by atoms with Gasteiger partial charge in [0.2, 0.25) is 5.91 Å². The number of rotatable bonds is 12. The Labute approximate surface area is 209 Å². The summed E-state index contributed by atoms with van der Waals surface area (Å²) in [5.41, 5.74) is 3.31. The molecule has 7 heteroatoms. The van der Waals surface area contributed by atoms with E-state index in [4.69, 9.17) is 4.74 Å². The van der Waals surface area contributed by atoms with E-state index in [9.17, 15) is 13.2 Å². The molecular weight excluding hydrogens is 460 g/mol. The molecule has 186 valence electrons. The molecule has 0 aliphatic rings. The molecule has 0 aromatic heterocycles. The summed E-state index contributed by atoms with van der Waals surface area (Å²) in [7, 11) is -3.92. The van der Waals surface area contributed by atoms with E-state index in [0.29, 0.717) is 25.3 Å². The van der Waals surface area contributed by atoms with Crippen molar-refractivity contribution in [2.75, 3.05) is 24.0 Å². The van der Waals surface area contributed by atoms with Crippen LogP contribution in [0.5, 0.6) is 5.75 Å². The van der Waals surface area contributed by atoms with Gasteiger partial charge in [-0.15, -0.1) is 0 Å².